The number of rotatable bonds is 7. The number of ether oxygens (including phenoxy) is 2. The zero-order chi connectivity index (χ0) is 19.9. The molecule has 7 nitrogen and oxygen atoms in total. The Kier molecular flexibility index (Phi) is 6.06. The van der Waals surface area contributed by atoms with Crippen molar-refractivity contribution in [3.63, 3.8) is 0 Å². The monoisotopic (exact) mass is 379 g/mol. The summed E-state index contributed by atoms with van der Waals surface area (Å²) in [7, 11) is 3.18. The van der Waals surface area contributed by atoms with Crippen LogP contribution in [0.25, 0.3) is 11.3 Å². The van der Waals surface area contributed by atoms with Crippen molar-refractivity contribution < 1.29 is 14.3 Å². The number of hydrogen-bond acceptors (Lipinski definition) is 5. The van der Waals surface area contributed by atoms with Gasteiger partial charge in [-0.15, -0.1) is 0 Å². The van der Waals surface area contributed by atoms with Gasteiger partial charge in [0.05, 0.1) is 26.2 Å². The van der Waals surface area contributed by atoms with E-state index in [4.69, 9.17) is 9.47 Å². The summed E-state index contributed by atoms with van der Waals surface area (Å²) in [6.07, 6.45) is 1.38. The van der Waals surface area contributed by atoms with E-state index in [1.807, 2.05) is 36.4 Å². The molecule has 0 saturated heterocycles. The lowest BCUT2D eigenvalue weighted by atomic mass is 10.1. The van der Waals surface area contributed by atoms with E-state index in [-0.39, 0.29) is 18.0 Å². The van der Waals surface area contributed by atoms with E-state index in [9.17, 15) is 9.59 Å². The van der Waals surface area contributed by atoms with Crippen LogP contribution in [-0.2, 0) is 17.9 Å². The molecule has 1 amide bonds. The number of amides is 1. The molecule has 0 aliphatic heterocycles. The molecule has 1 aromatic heterocycles. The van der Waals surface area contributed by atoms with E-state index < -0.39 is 0 Å². The van der Waals surface area contributed by atoms with Crippen molar-refractivity contribution in [2.45, 2.75) is 13.1 Å². The minimum Gasteiger partial charge on any atom is -0.497 e. The molecule has 2 aromatic carbocycles. The highest BCUT2D eigenvalue weighted by Gasteiger charge is 2.08. The number of aromatic nitrogens is 2. The van der Waals surface area contributed by atoms with Crippen molar-refractivity contribution >= 4 is 5.91 Å². The smallest absolute Gasteiger partial charge is 0.254 e. The standard InChI is InChI=1S/C21H21N3O4/c1-27-17-8-6-16(7-9-17)19-11-21(26)24(14-23-19)13-20(25)22-12-15-4-3-5-18(10-15)28-2/h3-11,14H,12-13H2,1-2H3,(H,22,25). The Morgan fingerprint density at radius 3 is 2.46 bits per heavy atom. The zero-order valence-electron chi connectivity index (χ0n) is 15.7. The number of nitrogens with zero attached hydrogens (tertiary/aromatic N) is 2. The quantitative estimate of drug-likeness (QED) is 0.681. The van der Waals surface area contributed by atoms with Gasteiger partial charge in [0.25, 0.3) is 5.56 Å². The second-order valence-corrected chi connectivity index (χ2v) is 6.10. The van der Waals surface area contributed by atoms with E-state index in [0.717, 1.165) is 22.6 Å². The first-order chi connectivity index (χ1) is 13.6. The molecule has 1 N–H and O–H groups in total. The lowest BCUT2D eigenvalue weighted by Crippen LogP contribution is -2.31. The van der Waals surface area contributed by atoms with Gasteiger partial charge in [-0.2, -0.15) is 0 Å². The van der Waals surface area contributed by atoms with Crippen LogP contribution in [0.1, 0.15) is 5.56 Å². The maximum atomic E-state index is 12.3. The summed E-state index contributed by atoms with van der Waals surface area (Å²) in [5.74, 6) is 1.18. The van der Waals surface area contributed by atoms with Crippen LogP contribution in [-0.4, -0.2) is 29.7 Å². The molecule has 1 heterocycles. The summed E-state index contributed by atoms with van der Waals surface area (Å²) in [4.78, 5) is 28.8. The molecule has 0 radical (unpaired) electrons. The molecule has 0 atom stereocenters. The topological polar surface area (TPSA) is 82.5 Å². The van der Waals surface area contributed by atoms with Crippen LogP contribution in [0.15, 0.2) is 65.7 Å². The Morgan fingerprint density at radius 1 is 1.04 bits per heavy atom. The molecule has 0 saturated carbocycles. The van der Waals surface area contributed by atoms with Gasteiger partial charge in [-0.1, -0.05) is 12.1 Å². The summed E-state index contributed by atoms with van der Waals surface area (Å²) in [5.41, 5.74) is 1.96. The number of carbonyl (C=O) groups is 1. The molecule has 0 aliphatic rings. The molecule has 0 spiro atoms. The fourth-order valence-corrected chi connectivity index (χ4v) is 2.66. The fraction of sp³-hybridized carbons (Fsp3) is 0.190. The Labute approximate surface area is 162 Å². The van der Waals surface area contributed by atoms with Crippen molar-refractivity contribution in [1.82, 2.24) is 14.9 Å². The van der Waals surface area contributed by atoms with E-state index in [2.05, 4.69) is 10.3 Å². The molecule has 28 heavy (non-hydrogen) atoms. The largest absolute Gasteiger partial charge is 0.497 e. The number of benzene rings is 2. The Balaban J connectivity index is 1.63. The molecule has 144 valence electrons. The van der Waals surface area contributed by atoms with E-state index >= 15 is 0 Å². The molecule has 3 aromatic rings. The first-order valence-electron chi connectivity index (χ1n) is 8.69. The third kappa shape index (κ3) is 4.76. The van der Waals surface area contributed by atoms with Crippen molar-refractivity contribution in [2.75, 3.05) is 14.2 Å². The highest BCUT2D eigenvalue weighted by molar-refractivity contribution is 5.75. The van der Waals surface area contributed by atoms with Crippen molar-refractivity contribution in [1.29, 1.82) is 0 Å². The molecule has 0 unspecified atom stereocenters. The zero-order valence-corrected chi connectivity index (χ0v) is 15.7. The first-order valence-corrected chi connectivity index (χ1v) is 8.69. The normalized spacial score (nSPS) is 10.4. The minimum atomic E-state index is -0.294. The SMILES string of the molecule is COc1ccc(-c2cc(=O)n(CC(=O)NCc3cccc(OC)c3)cn2)cc1. The Morgan fingerprint density at radius 2 is 1.79 bits per heavy atom. The van der Waals surface area contributed by atoms with E-state index in [1.165, 1.54) is 17.0 Å². The number of carbonyl (C=O) groups excluding carboxylic acids is 1. The van der Waals surface area contributed by atoms with Crippen LogP contribution < -0.4 is 20.3 Å². The number of nitrogens with one attached hydrogen (secondary N) is 1. The second-order valence-electron chi connectivity index (χ2n) is 6.10. The Bertz CT molecular complexity index is 1010. The van der Waals surface area contributed by atoms with Gasteiger partial charge < -0.3 is 14.8 Å². The van der Waals surface area contributed by atoms with Crippen LogP contribution in [0.5, 0.6) is 11.5 Å². The van der Waals surface area contributed by atoms with Crippen molar-refractivity contribution in [3.8, 4) is 22.8 Å². The van der Waals surface area contributed by atoms with Crippen LogP contribution in [0.2, 0.25) is 0 Å². The maximum Gasteiger partial charge on any atom is 0.254 e. The van der Waals surface area contributed by atoms with E-state index in [1.54, 1.807) is 26.4 Å². The average molecular weight is 379 g/mol. The molecule has 0 fully saturated rings. The van der Waals surface area contributed by atoms with Gasteiger partial charge in [0.2, 0.25) is 5.91 Å². The van der Waals surface area contributed by atoms with Gasteiger partial charge in [-0.25, -0.2) is 4.98 Å². The van der Waals surface area contributed by atoms with Crippen LogP contribution in [0.4, 0.5) is 0 Å². The van der Waals surface area contributed by atoms with Gasteiger partial charge in [-0.05, 0) is 42.0 Å². The maximum absolute atomic E-state index is 12.3. The van der Waals surface area contributed by atoms with Gasteiger partial charge >= 0.3 is 0 Å². The molecule has 0 bridgehead atoms. The van der Waals surface area contributed by atoms with Crippen LogP contribution in [0.3, 0.4) is 0 Å². The van der Waals surface area contributed by atoms with Gasteiger partial charge in [-0.3, -0.25) is 14.2 Å². The average Bonchev–Trinajstić information content (AvgIpc) is 2.74. The second kappa shape index (κ2) is 8.85. The van der Waals surface area contributed by atoms with Crippen LogP contribution >= 0.6 is 0 Å². The summed E-state index contributed by atoms with van der Waals surface area (Å²) in [6, 6.07) is 16.1. The van der Waals surface area contributed by atoms with Gasteiger partial charge in [0.15, 0.2) is 0 Å². The summed E-state index contributed by atoms with van der Waals surface area (Å²) in [5, 5.41) is 2.79. The lowest BCUT2D eigenvalue weighted by Gasteiger charge is -2.09. The molecular weight excluding hydrogens is 358 g/mol. The number of hydrogen-bond donors (Lipinski definition) is 1. The van der Waals surface area contributed by atoms with Crippen LogP contribution in [0, 0.1) is 0 Å². The molecule has 3 rings (SSSR count). The highest BCUT2D eigenvalue weighted by Crippen LogP contribution is 2.19. The van der Waals surface area contributed by atoms with Crippen molar-refractivity contribution in [2.24, 2.45) is 0 Å². The third-order valence-electron chi connectivity index (χ3n) is 4.20. The highest BCUT2D eigenvalue weighted by atomic mass is 16.5. The predicted molar refractivity (Wildman–Crippen MR) is 105 cm³/mol. The molecular formula is C21H21N3O4. The van der Waals surface area contributed by atoms with Crippen molar-refractivity contribution in [3.05, 3.63) is 76.8 Å². The Hall–Kier alpha value is -3.61. The summed E-state index contributed by atoms with van der Waals surface area (Å²) in [6.45, 7) is 0.251. The summed E-state index contributed by atoms with van der Waals surface area (Å²) >= 11 is 0. The number of methoxy groups -OCH3 is 2. The fourth-order valence-electron chi connectivity index (χ4n) is 2.66. The predicted octanol–water partition coefficient (Wildman–Crippen LogP) is 2.24. The lowest BCUT2D eigenvalue weighted by molar-refractivity contribution is -0.121. The molecule has 0 aliphatic carbocycles. The van der Waals surface area contributed by atoms with Gasteiger partial charge in [0, 0.05) is 18.2 Å². The third-order valence-corrected chi connectivity index (χ3v) is 4.20. The molecule has 7 heteroatoms. The van der Waals surface area contributed by atoms with Gasteiger partial charge in [0.1, 0.15) is 18.0 Å². The van der Waals surface area contributed by atoms with E-state index in [0.29, 0.717) is 12.2 Å². The summed E-state index contributed by atoms with van der Waals surface area (Å²) < 4.78 is 11.6. The first kappa shape index (κ1) is 19.2. The minimum absolute atomic E-state index is 0.0985.